The van der Waals surface area contributed by atoms with Gasteiger partial charge in [-0.3, -0.25) is 4.79 Å². The maximum absolute atomic E-state index is 12.7. The van der Waals surface area contributed by atoms with Crippen LogP contribution in [-0.2, 0) is 27.4 Å². The maximum atomic E-state index is 12.7. The molecule has 2 amide bonds. The van der Waals surface area contributed by atoms with Crippen LogP contribution in [0.2, 0.25) is 0 Å². The summed E-state index contributed by atoms with van der Waals surface area (Å²) in [6.07, 6.45) is -0.844. The van der Waals surface area contributed by atoms with E-state index >= 15 is 0 Å². The Morgan fingerprint density at radius 2 is 1.50 bits per heavy atom. The van der Waals surface area contributed by atoms with E-state index in [9.17, 15) is 24.3 Å². The van der Waals surface area contributed by atoms with Gasteiger partial charge in [0.1, 0.15) is 18.7 Å². The summed E-state index contributed by atoms with van der Waals surface area (Å²) in [6, 6.07) is 12.5. The molecule has 2 aromatic rings. The van der Waals surface area contributed by atoms with Crippen molar-refractivity contribution in [3.05, 3.63) is 71.3 Å². The van der Waals surface area contributed by atoms with Gasteiger partial charge in [0, 0.05) is 6.42 Å². The second-order valence-electron chi connectivity index (χ2n) is 7.53. The van der Waals surface area contributed by atoms with Crippen LogP contribution < -0.4 is 10.6 Å². The monoisotopic (exact) mass is 442 g/mol. The number of aliphatic carboxylic acids is 1. The van der Waals surface area contributed by atoms with Gasteiger partial charge in [0.15, 0.2) is 0 Å². The van der Waals surface area contributed by atoms with Crippen LogP contribution in [0.1, 0.15) is 35.3 Å². The first kappa shape index (κ1) is 24.4. The van der Waals surface area contributed by atoms with Crippen molar-refractivity contribution in [2.75, 3.05) is 0 Å². The van der Waals surface area contributed by atoms with Crippen LogP contribution in [0.15, 0.2) is 54.6 Å². The number of aromatic carboxylic acids is 1. The predicted octanol–water partition coefficient (Wildman–Crippen LogP) is 2.45. The van der Waals surface area contributed by atoms with E-state index in [-0.39, 0.29) is 24.5 Å². The fraction of sp³-hybridized carbons (Fsp3) is 0.304. The topological polar surface area (TPSA) is 142 Å². The Kier molecular flexibility index (Phi) is 8.76. The molecule has 0 bridgehead atoms. The summed E-state index contributed by atoms with van der Waals surface area (Å²) in [5.41, 5.74) is 1.40. The summed E-state index contributed by atoms with van der Waals surface area (Å²) >= 11 is 0. The molecule has 32 heavy (non-hydrogen) atoms. The highest BCUT2D eigenvalue weighted by Gasteiger charge is 2.29. The third-order valence-electron chi connectivity index (χ3n) is 4.69. The van der Waals surface area contributed by atoms with Gasteiger partial charge in [-0.15, -0.1) is 0 Å². The summed E-state index contributed by atoms with van der Waals surface area (Å²) in [5, 5.41) is 23.4. The predicted molar refractivity (Wildman–Crippen MR) is 115 cm³/mol. The summed E-state index contributed by atoms with van der Waals surface area (Å²) in [4.78, 5) is 47.5. The SMILES string of the molecule is CC(C)[C@@H](NC(=O)OCc1ccccc1)C(=O)N[C@H](Cc1ccc(C(=O)O)cc1)C(=O)O. The number of hydrogen-bond donors (Lipinski definition) is 4. The minimum Gasteiger partial charge on any atom is -0.480 e. The summed E-state index contributed by atoms with van der Waals surface area (Å²) in [6.45, 7) is 3.45. The quantitative estimate of drug-likeness (QED) is 0.443. The number of carbonyl (C=O) groups excluding carboxylic acids is 2. The zero-order valence-electron chi connectivity index (χ0n) is 17.8. The van der Waals surface area contributed by atoms with Gasteiger partial charge in [-0.25, -0.2) is 14.4 Å². The Morgan fingerprint density at radius 3 is 2.03 bits per heavy atom. The zero-order valence-corrected chi connectivity index (χ0v) is 17.8. The van der Waals surface area contributed by atoms with E-state index in [1.54, 1.807) is 26.0 Å². The standard InChI is InChI=1S/C23H26N2O7/c1-14(2)19(25-23(31)32-13-16-6-4-3-5-7-16)20(26)24-18(22(29)30)12-15-8-10-17(11-9-15)21(27)28/h3-11,14,18-19H,12-13H2,1-2H3,(H,24,26)(H,25,31)(H,27,28)(H,29,30)/t18-,19-/m1/s1. The van der Waals surface area contributed by atoms with Crippen molar-refractivity contribution in [3.8, 4) is 0 Å². The van der Waals surface area contributed by atoms with Crippen LogP contribution >= 0.6 is 0 Å². The second-order valence-corrected chi connectivity index (χ2v) is 7.53. The third-order valence-corrected chi connectivity index (χ3v) is 4.69. The van der Waals surface area contributed by atoms with Crippen LogP contribution in [0.25, 0.3) is 0 Å². The van der Waals surface area contributed by atoms with E-state index in [2.05, 4.69) is 10.6 Å². The smallest absolute Gasteiger partial charge is 0.408 e. The molecule has 2 aromatic carbocycles. The number of ether oxygens (including phenoxy) is 1. The molecule has 0 aliphatic heterocycles. The zero-order chi connectivity index (χ0) is 23.7. The van der Waals surface area contributed by atoms with Crippen LogP contribution in [0.3, 0.4) is 0 Å². The van der Waals surface area contributed by atoms with Crippen LogP contribution in [0, 0.1) is 5.92 Å². The lowest BCUT2D eigenvalue weighted by atomic mass is 10.0. The van der Waals surface area contributed by atoms with Crippen molar-refractivity contribution in [2.24, 2.45) is 5.92 Å². The van der Waals surface area contributed by atoms with Crippen molar-refractivity contribution in [3.63, 3.8) is 0 Å². The van der Waals surface area contributed by atoms with Gasteiger partial charge >= 0.3 is 18.0 Å². The molecule has 0 unspecified atom stereocenters. The fourth-order valence-corrected chi connectivity index (χ4v) is 2.91. The molecule has 0 heterocycles. The van der Waals surface area contributed by atoms with E-state index in [1.807, 2.05) is 18.2 Å². The number of rotatable bonds is 10. The van der Waals surface area contributed by atoms with Gasteiger partial charge in [-0.1, -0.05) is 56.3 Å². The molecule has 0 aliphatic rings. The van der Waals surface area contributed by atoms with E-state index in [1.165, 1.54) is 24.3 Å². The van der Waals surface area contributed by atoms with Crippen molar-refractivity contribution in [1.82, 2.24) is 10.6 Å². The third kappa shape index (κ3) is 7.42. The normalized spacial score (nSPS) is 12.5. The lowest BCUT2D eigenvalue weighted by Crippen LogP contribution is -2.54. The van der Waals surface area contributed by atoms with Crippen LogP contribution in [0.4, 0.5) is 4.79 Å². The average molecular weight is 442 g/mol. The molecule has 9 nitrogen and oxygen atoms in total. The van der Waals surface area contributed by atoms with Crippen molar-refractivity contribution in [2.45, 2.75) is 39.0 Å². The molecule has 2 rings (SSSR count). The van der Waals surface area contributed by atoms with Gasteiger partial charge in [-0.2, -0.15) is 0 Å². The highest BCUT2D eigenvalue weighted by atomic mass is 16.5. The molecule has 9 heteroatoms. The van der Waals surface area contributed by atoms with E-state index in [0.29, 0.717) is 5.56 Å². The minimum atomic E-state index is -1.26. The Labute approximate surface area is 185 Å². The first-order valence-electron chi connectivity index (χ1n) is 10.00. The van der Waals surface area contributed by atoms with Crippen molar-refractivity contribution < 1.29 is 34.1 Å². The lowest BCUT2D eigenvalue weighted by molar-refractivity contribution is -0.142. The maximum Gasteiger partial charge on any atom is 0.408 e. The highest BCUT2D eigenvalue weighted by molar-refractivity contribution is 5.90. The molecule has 0 radical (unpaired) electrons. The largest absolute Gasteiger partial charge is 0.480 e. The number of alkyl carbamates (subject to hydrolysis) is 1. The van der Waals surface area contributed by atoms with Gasteiger partial charge < -0.3 is 25.6 Å². The van der Waals surface area contributed by atoms with Crippen molar-refractivity contribution in [1.29, 1.82) is 0 Å². The first-order chi connectivity index (χ1) is 15.2. The number of benzene rings is 2. The Balaban J connectivity index is 1.99. The summed E-state index contributed by atoms with van der Waals surface area (Å²) in [5.74, 6) is -3.34. The number of amides is 2. The highest BCUT2D eigenvalue weighted by Crippen LogP contribution is 2.10. The molecular formula is C23H26N2O7. The van der Waals surface area contributed by atoms with Gasteiger partial charge in [0.05, 0.1) is 5.56 Å². The average Bonchev–Trinajstić information content (AvgIpc) is 2.76. The number of carboxylic acids is 2. The first-order valence-corrected chi connectivity index (χ1v) is 10.00. The van der Waals surface area contributed by atoms with Crippen LogP contribution in [-0.4, -0.2) is 46.2 Å². The molecular weight excluding hydrogens is 416 g/mol. The Hall–Kier alpha value is -3.88. The molecule has 170 valence electrons. The number of nitrogens with one attached hydrogen (secondary N) is 2. The lowest BCUT2D eigenvalue weighted by Gasteiger charge is -2.24. The Morgan fingerprint density at radius 1 is 0.875 bits per heavy atom. The van der Waals surface area contributed by atoms with Crippen molar-refractivity contribution >= 4 is 23.9 Å². The number of carbonyl (C=O) groups is 4. The molecule has 0 saturated carbocycles. The second kappa shape index (κ2) is 11.5. The number of hydrogen-bond acceptors (Lipinski definition) is 5. The molecule has 0 aliphatic carbocycles. The molecule has 0 aromatic heterocycles. The minimum absolute atomic E-state index is 0.0309. The molecule has 2 atom stereocenters. The molecule has 0 spiro atoms. The molecule has 0 saturated heterocycles. The summed E-state index contributed by atoms with van der Waals surface area (Å²) in [7, 11) is 0. The van der Waals surface area contributed by atoms with Gasteiger partial charge in [-0.05, 0) is 29.2 Å². The number of carboxylic acid groups (broad SMARTS) is 2. The van der Waals surface area contributed by atoms with Crippen LogP contribution in [0.5, 0.6) is 0 Å². The van der Waals surface area contributed by atoms with E-state index in [0.717, 1.165) is 5.56 Å². The molecule has 0 fully saturated rings. The van der Waals surface area contributed by atoms with E-state index < -0.39 is 36.0 Å². The van der Waals surface area contributed by atoms with Gasteiger partial charge in [0.2, 0.25) is 5.91 Å². The van der Waals surface area contributed by atoms with E-state index in [4.69, 9.17) is 9.84 Å². The van der Waals surface area contributed by atoms with Gasteiger partial charge in [0.25, 0.3) is 0 Å². The summed E-state index contributed by atoms with van der Waals surface area (Å²) < 4.78 is 5.14. The fourth-order valence-electron chi connectivity index (χ4n) is 2.91. The molecule has 4 N–H and O–H groups in total. The Bertz CT molecular complexity index is 943.